The molecule has 4 heteroatoms. The van der Waals surface area contributed by atoms with E-state index in [4.69, 9.17) is 9.05 Å². The smallest absolute Gasteiger partial charge is 0.0104 e. The molecule has 0 amide bonds. The van der Waals surface area contributed by atoms with Crippen LogP contribution in [0.25, 0.3) is 0 Å². The van der Waals surface area contributed by atoms with Crippen LogP contribution in [0.1, 0.15) is 0 Å². The van der Waals surface area contributed by atoms with Gasteiger partial charge in [-0.05, 0) is 9.05 Å². The van der Waals surface area contributed by atoms with Gasteiger partial charge in [0.2, 0.25) is 0 Å². The zero-order valence-electron chi connectivity index (χ0n) is 2.16. The number of hydrogen-bond acceptors (Lipinski definition) is 1. The summed E-state index contributed by atoms with van der Waals surface area (Å²) in [7, 11) is 0. The second-order valence-corrected chi connectivity index (χ2v) is 0.0583. The van der Waals surface area contributed by atoms with Crippen molar-refractivity contribution in [3.8, 4) is 0 Å². The number of halogens is 2. The van der Waals surface area contributed by atoms with Crippen molar-refractivity contribution in [3.05, 3.63) is 0 Å². The first-order valence-electron chi connectivity index (χ1n) is 0.309. The summed E-state index contributed by atoms with van der Waals surface area (Å²) in [5, 5.41) is 1.25. The second kappa shape index (κ2) is 9.94. The van der Waals surface area contributed by atoms with Crippen LogP contribution < -0.4 is 0 Å². The Morgan fingerprint density at radius 3 is 1.25 bits per heavy atom. The zero-order valence-corrected chi connectivity index (χ0v) is 2.16. The van der Waals surface area contributed by atoms with E-state index < -0.39 is 0 Å². The normalized spacial score (nSPS) is 4.50. The van der Waals surface area contributed by atoms with E-state index in [9.17, 15) is 0 Å². The molecule has 0 saturated heterocycles. The largest absolute Gasteiger partial charge is 0.0209 e. The van der Waals surface area contributed by atoms with Gasteiger partial charge in [0.15, 0.2) is 0 Å². The van der Waals surface area contributed by atoms with E-state index in [-0.39, 0.29) is 18.9 Å². The van der Waals surface area contributed by atoms with Crippen LogP contribution in [-0.2, 0) is 5.15 Å². The van der Waals surface area contributed by atoms with Crippen LogP contribution >= 0.6 is 0 Å². The Labute approximate surface area is 33.9 Å². The molecule has 0 bridgehead atoms. The average Bonchev–Trinajstić information content (AvgIpc) is 0.918. The van der Waals surface area contributed by atoms with E-state index in [0.717, 1.165) is 0 Å². The van der Waals surface area contributed by atoms with Crippen molar-refractivity contribution >= 4 is 18.9 Å². The number of hydrogen-bond donors (Lipinski definition) is 0. The molecule has 0 aromatic rings. The Morgan fingerprint density at radius 1 is 1.25 bits per heavy atom. The van der Waals surface area contributed by atoms with Gasteiger partial charge in [-0.1, -0.05) is 0 Å². The maximum atomic E-state index is 9.12. The molecule has 0 aliphatic heterocycles. The Balaban J connectivity index is 0. The molecular formula is F2LiO. The van der Waals surface area contributed by atoms with E-state index >= 15 is 0 Å². The monoisotopic (exact) mass is 61.0 g/mol. The summed E-state index contributed by atoms with van der Waals surface area (Å²) in [6.07, 6.45) is 0. The molecule has 0 aliphatic carbocycles. The first-order valence-corrected chi connectivity index (χ1v) is 0.309. The molecular weight excluding hydrogens is 60.9 g/mol. The molecule has 0 rings (SSSR count). The van der Waals surface area contributed by atoms with Crippen LogP contribution in [0.4, 0.5) is 9.05 Å². The van der Waals surface area contributed by atoms with Crippen LogP contribution in [0, 0.1) is 0 Å². The van der Waals surface area contributed by atoms with Crippen LogP contribution in [-0.4, -0.2) is 18.9 Å². The van der Waals surface area contributed by atoms with Crippen LogP contribution in [0.3, 0.4) is 0 Å². The fraction of sp³-hybridized carbons (Fsp3) is 0. The van der Waals surface area contributed by atoms with Crippen molar-refractivity contribution in [3.63, 3.8) is 0 Å². The first kappa shape index (κ1) is 8.83. The van der Waals surface area contributed by atoms with Crippen LogP contribution in [0.2, 0.25) is 0 Å². The fourth-order valence-corrected chi connectivity index (χ4v) is 0. The third-order valence-corrected chi connectivity index (χ3v) is 0. The predicted molar refractivity (Wildman–Crippen MR) is 9.05 cm³/mol. The molecule has 0 heterocycles. The van der Waals surface area contributed by atoms with Gasteiger partial charge < -0.3 is 0 Å². The second-order valence-electron chi connectivity index (χ2n) is 0.0583. The van der Waals surface area contributed by atoms with Crippen molar-refractivity contribution in [2.45, 2.75) is 0 Å². The van der Waals surface area contributed by atoms with Crippen LogP contribution in [0.5, 0.6) is 0 Å². The molecule has 21 valence electrons. The van der Waals surface area contributed by atoms with E-state index in [1.165, 1.54) is 5.15 Å². The standard InChI is InChI=1S/F2O.Li/c1-3-2;. The Hall–Kier alpha value is 0.417. The summed E-state index contributed by atoms with van der Waals surface area (Å²) in [6, 6.07) is 0. The SMILES string of the molecule is FOF.[Li]. The van der Waals surface area contributed by atoms with E-state index in [0.29, 0.717) is 0 Å². The Bertz CT molecular complexity index is 6.00. The minimum Gasteiger partial charge on any atom is -0.0104 e. The minimum atomic E-state index is 0. The van der Waals surface area contributed by atoms with Gasteiger partial charge in [0, 0.05) is 24.0 Å². The molecule has 0 unspecified atom stereocenters. The van der Waals surface area contributed by atoms with Crippen LogP contribution in [0.15, 0.2) is 0 Å². The van der Waals surface area contributed by atoms with Crippen molar-refractivity contribution in [2.24, 2.45) is 0 Å². The molecule has 4 heavy (non-hydrogen) atoms. The molecule has 1 radical (unpaired) electrons. The summed E-state index contributed by atoms with van der Waals surface area (Å²) in [6.45, 7) is 0. The van der Waals surface area contributed by atoms with E-state index in [2.05, 4.69) is 0 Å². The third kappa shape index (κ3) is 27.9. The zero-order chi connectivity index (χ0) is 2.71. The summed E-state index contributed by atoms with van der Waals surface area (Å²) in [4.78, 5) is 0. The van der Waals surface area contributed by atoms with Gasteiger partial charge in [0.1, 0.15) is 0 Å². The van der Waals surface area contributed by atoms with Gasteiger partial charge in [-0.2, -0.15) is 0 Å². The van der Waals surface area contributed by atoms with Crippen molar-refractivity contribution in [1.82, 2.24) is 0 Å². The molecule has 0 atom stereocenters. The van der Waals surface area contributed by atoms with Crippen molar-refractivity contribution in [2.75, 3.05) is 0 Å². The summed E-state index contributed by atoms with van der Waals surface area (Å²) < 4.78 is 18.2. The van der Waals surface area contributed by atoms with Gasteiger partial charge in [0.05, 0.1) is 0 Å². The molecule has 0 fully saturated rings. The molecule has 0 aliphatic rings. The fourth-order valence-electron chi connectivity index (χ4n) is 0. The maximum absolute atomic E-state index is 9.12. The number of rotatable bonds is 0. The van der Waals surface area contributed by atoms with E-state index in [1.807, 2.05) is 0 Å². The molecule has 0 aromatic heterocycles. The van der Waals surface area contributed by atoms with Gasteiger partial charge in [-0.25, -0.2) is 0 Å². The Kier molecular flexibility index (Phi) is 21.9. The molecule has 0 aromatic carbocycles. The van der Waals surface area contributed by atoms with E-state index in [1.54, 1.807) is 0 Å². The quantitative estimate of drug-likeness (QED) is 0.368. The summed E-state index contributed by atoms with van der Waals surface area (Å²) in [5.41, 5.74) is 0. The topological polar surface area (TPSA) is 9.23 Å². The molecule has 0 spiro atoms. The summed E-state index contributed by atoms with van der Waals surface area (Å²) >= 11 is 0. The maximum Gasteiger partial charge on any atom is 0.0209 e. The minimum absolute atomic E-state index is 0. The Morgan fingerprint density at radius 2 is 1.25 bits per heavy atom. The molecule has 0 N–H and O–H groups in total. The molecule has 0 saturated carbocycles. The van der Waals surface area contributed by atoms with Gasteiger partial charge in [0.25, 0.3) is 0 Å². The van der Waals surface area contributed by atoms with Gasteiger partial charge in [-0.15, -0.1) is 0 Å². The van der Waals surface area contributed by atoms with Crippen molar-refractivity contribution in [1.29, 1.82) is 0 Å². The van der Waals surface area contributed by atoms with Gasteiger partial charge >= 0.3 is 0 Å². The third-order valence-electron chi connectivity index (χ3n) is 0. The predicted octanol–water partition coefficient (Wildman–Crippen LogP) is 0.391. The molecule has 1 nitrogen and oxygen atoms in total. The average molecular weight is 60.9 g/mol. The van der Waals surface area contributed by atoms with Gasteiger partial charge in [-0.3, -0.25) is 0 Å². The first-order chi connectivity index (χ1) is 1.41. The van der Waals surface area contributed by atoms with Crippen molar-refractivity contribution < 1.29 is 14.2 Å². The summed E-state index contributed by atoms with van der Waals surface area (Å²) in [5.74, 6) is 0.